The maximum atomic E-state index is 6.07. The molecule has 1 fully saturated rings. The Morgan fingerprint density at radius 2 is 1.96 bits per heavy atom. The summed E-state index contributed by atoms with van der Waals surface area (Å²) >= 11 is 0. The van der Waals surface area contributed by atoms with E-state index in [2.05, 4.69) is 42.0 Å². The van der Waals surface area contributed by atoms with Gasteiger partial charge < -0.3 is 14.1 Å². The molecule has 0 amide bonds. The van der Waals surface area contributed by atoms with Crippen molar-refractivity contribution in [3.05, 3.63) is 53.5 Å². The fourth-order valence-corrected chi connectivity index (χ4v) is 2.94. The molecule has 0 N–H and O–H groups in total. The minimum Gasteiger partial charge on any atom is -0.492 e. The molecule has 2 aromatic rings. The molecule has 0 saturated carbocycles. The van der Waals surface area contributed by atoms with Crippen LogP contribution in [-0.4, -0.2) is 56.2 Å². The van der Waals surface area contributed by atoms with E-state index in [9.17, 15) is 0 Å². The lowest BCUT2D eigenvalue weighted by Crippen LogP contribution is -2.45. The number of nitrogens with zero attached hydrogens (tertiary/aromatic N) is 2. The van der Waals surface area contributed by atoms with Gasteiger partial charge in [-0.3, -0.25) is 4.90 Å². The second-order valence-corrected chi connectivity index (χ2v) is 6.36. The summed E-state index contributed by atoms with van der Waals surface area (Å²) in [6.45, 7) is 8.39. The lowest BCUT2D eigenvalue weighted by atomic mass is 10.1. The van der Waals surface area contributed by atoms with Gasteiger partial charge in [-0.1, -0.05) is 17.7 Å². The fourth-order valence-electron chi connectivity index (χ4n) is 2.94. The van der Waals surface area contributed by atoms with Crippen molar-refractivity contribution < 1.29 is 9.15 Å². The van der Waals surface area contributed by atoms with E-state index in [0.717, 1.165) is 57.3 Å². The number of ether oxygens (including phenoxy) is 1. The van der Waals surface area contributed by atoms with Crippen molar-refractivity contribution in [2.75, 3.05) is 46.4 Å². The summed E-state index contributed by atoms with van der Waals surface area (Å²) in [5.41, 5.74) is 2.44. The Morgan fingerprint density at radius 3 is 2.70 bits per heavy atom. The van der Waals surface area contributed by atoms with E-state index in [4.69, 9.17) is 9.15 Å². The van der Waals surface area contributed by atoms with Crippen molar-refractivity contribution in [2.45, 2.75) is 13.3 Å². The maximum Gasteiger partial charge on any atom is 0.123 e. The average Bonchev–Trinajstić information content (AvgIpc) is 3.04. The van der Waals surface area contributed by atoms with Crippen LogP contribution >= 0.6 is 0 Å². The molecule has 23 heavy (non-hydrogen) atoms. The third-order valence-corrected chi connectivity index (χ3v) is 4.42. The lowest BCUT2D eigenvalue weighted by Gasteiger charge is -2.32. The van der Waals surface area contributed by atoms with E-state index in [1.54, 1.807) is 6.26 Å². The minimum atomic E-state index is 0.734. The molecule has 4 nitrogen and oxygen atoms in total. The van der Waals surface area contributed by atoms with Crippen molar-refractivity contribution in [3.63, 3.8) is 0 Å². The Kier molecular flexibility index (Phi) is 5.36. The van der Waals surface area contributed by atoms with Crippen LogP contribution in [0, 0.1) is 6.92 Å². The van der Waals surface area contributed by atoms with Gasteiger partial charge in [-0.2, -0.15) is 0 Å². The number of likely N-dealkylation sites (N-methyl/N-ethyl adjacent to an activating group) is 1. The minimum absolute atomic E-state index is 0.734. The van der Waals surface area contributed by atoms with Gasteiger partial charge in [0.1, 0.15) is 18.1 Å². The molecule has 1 saturated heterocycles. The molecular formula is C19H26N2O2. The monoisotopic (exact) mass is 314 g/mol. The summed E-state index contributed by atoms with van der Waals surface area (Å²) in [5.74, 6) is 1.95. The topological polar surface area (TPSA) is 28.9 Å². The number of hydrogen-bond donors (Lipinski definition) is 0. The second kappa shape index (κ2) is 7.66. The van der Waals surface area contributed by atoms with Gasteiger partial charge in [0.05, 0.1) is 6.26 Å². The van der Waals surface area contributed by atoms with E-state index in [1.807, 2.05) is 12.1 Å². The van der Waals surface area contributed by atoms with Gasteiger partial charge >= 0.3 is 0 Å². The van der Waals surface area contributed by atoms with Crippen molar-refractivity contribution in [2.24, 2.45) is 0 Å². The van der Waals surface area contributed by atoms with Gasteiger partial charge in [-0.25, -0.2) is 0 Å². The van der Waals surface area contributed by atoms with Crippen LogP contribution in [0.3, 0.4) is 0 Å². The van der Waals surface area contributed by atoms with Gasteiger partial charge in [0, 0.05) is 44.7 Å². The molecular weight excluding hydrogens is 288 g/mol. The van der Waals surface area contributed by atoms with Crippen molar-refractivity contribution in [1.82, 2.24) is 9.80 Å². The van der Waals surface area contributed by atoms with Crippen LogP contribution < -0.4 is 4.74 Å². The molecule has 1 aliphatic rings. The Hall–Kier alpha value is -1.78. The van der Waals surface area contributed by atoms with Gasteiger partial charge in [-0.15, -0.1) is 0 Å². The molecule has 4 heteroatoms. The predicted molar refractivity (Wildman–Crippen MR) is 92.1 cm³/mol. The average molecular weight is 314 g/mol. The fraction of sp³-hybridized carbons (Fsp3) is 0.474. The van der Waals surface area contributed by atoms with Crippen LogP contribution in [0.2, 0.25) is 0 Å². The first-order valence-electron chi connectivity index (χ1n) is 8.36. The highest BCUT2D eigenvalue weighted by atomic mass is 16.5. The molecule has 0 bridgehead atoms. The van der Waals surface area contributed by atoms with Crippen LogP contribution in [0.4, 0.5) is 0 Å². The molecule has 0 atom stereocenters. The highest BCUT2D eigenvalue weighted by molar-refractivity contribution is 5.39. The molecule has 1 aromatic heterocycles. The Bertz CT molecular complexity index is 602. The van der Waals surface area contributed by atoms with Gasteiger partial charge in [-0.05, 0) is 32.2 Å². The van der Waals surface area contributed by atoms with Crippen LogP contribution in [0.1, 0.15) is 16.9 Å². The highest BCUT2D eigenvalue weighted by Crippen LogP contribution is 2.23. The molecule has 1 aromatic carbocycles. The predicted octanol–water partition coefficient (Wildman–Crippen LogP) is 2.81. The van der Waals surface area contributed by atoms with Crippen LogP contribution in [0.25, 0.3) is 0 Å². The molecule has 3 rings (SSSR count). The number of piperazine rings is 1. The number of hydrogen-bond acceptors (Lipinski definition) is 4. The normalized spacial score (nSPS) is 16.6. The summed E-state index contributed by atoms with van der Waals surface area (Å²) in [6, 6.07) is 10.3. The summed E-state index contributed by atoms with van der Waals surface area (Å²) in [5, 5.41) is 0. The van der Waals surface area contributed by atoms with E-state index >= 15 is 0 Å². The van der Waals surface area contributed by atoms with Crippen LogP contribution in [0.15, 0.2) is 41.0 Å². The highest BCUT2D eigenvalue weighted by Gasteiger charge is 2.14. The second-order valence-electron chi connectivity index (χ2n) is 6.36. The Balaban J connectivity index is 1.56. The molecule has 0 unspecified atom stereocenters. The first-order chi connectivity index (χ1) is 11.2. The van der Waals surface area contributed by atoms with Gasteiger partial charge in [0.15, 0.2) is 0 Å². The first-order valence-corrected chi connectivity index (χ1v) is 8.36. The third-order valence-electron chi connectivity index (χ3n) is 4.42. The van der Waals surface area contributed by atoms with Crippen molar-refractivity contribution in [1.29, 1.82) is 0 Å². The smallest absolute Gasteiger partial charge is 0.123 e. The molecule has 1 aliphatic heterocycles. The van der Waals surface area contributed by atoms with Crippen LogP contribution in [0.5, 0.6) is 5.75 Å². The summed E-state index contributed by atoms with van der Waals surface area (Å²) in [7, 11) is 2.18. The number of benzene rings is 1. The quantitative estimate of drug-likeness (QED) is 0.820. The lowest BCUT2D eigenvalue weighted by molar-refractivity contribution is 0.133. The van der Waals surface area contributed by atoms with E-state index in [1.165, 1.54) is 11.1 Å². The summed E-state index contributed by atoms with van der Waals surface area (Å²) in [4.78, 5) is 4.85. The van der Waals surface area contributed by atoms with E-state index < -0.39 is 0 Å². The summed E-state index contributed by atoms with van der Waals surface area (Å²) in [6.07, 6.45) is 2.50. The van der Waals surface area contributed by atoms with E-state index in [-0.39, 0.29) is 0 Å². The molecule has 2 heterocycles. The molecule has 0 aliphatic carbocycles. The van der Waals surface area contributed by atoms with E-state index in [0.29, 0.717) is 0 Å². The zero-order valence-corrected chi connectivity index (χ0v) is 14.1. The molecule has 124 valence electrons. The first kappa shape index (κ1) is 16.1. The third kappa shape index (κ3) is 4.60. The van der Waals surface area contributed by atoms with Crippen molar-refractivity contribution in [3.8, 4) is 5.75 Å². The van der Waals surface area contributed by atoms with Gasteiger partial charge in [0.25, 0.3) is 0 Å². The Morgan fingerprint density at radius 1 is 1.13 bits per heavy atom. The van der Waals surface area contributed by atoms with Gasteiger partial charge in [0.2, 0.25) is 0 Å². The maximum absolute atomic E-state index is 6.07. The zero-order valence-electron chi connectivity index (χ0n) is 14.1. The largest absolute Gasteiger partial charge is 0.492 e. The SMILES string of the molecule is Cc1ccc(OCCN2CCN(C)CC2)c(Cc2ccco2)c1. The number of furan rings is 1. The Labute approximate surface area is 138 Å². The van der Waals surface area contributed by atoms with Crippen molar-refractivity contribution >= 4 is 0 Å². The van der Waals surface area contributed by atoms with Crippen LogP contribution in [-0.2, 0) is 6.42 Å². The number of rotatable bonds is 6. The zero-order chi connectivity index (χ0) is 16.1. The molecule has 0 radical (unpaired) electrons. The number of aryl methyl sites for hydroxylation is 1. The summed E-state index contributed by atoms with van der Waals surface area (Å²) < 4.78 is 11.5. The standard InChI is InChI=1S/C19H26N2O2/c1-16-5-6-19(17(14-16)15-18-4-3-12-22-18)23-13-11-21-9-7-20(2)8-10-21/h3-6,12,14H,7-11,13,15H2,1-2H3. The molecule has 0 spiro atoms.